The molecule has 0 aliphatic carbocycles. The van der Waals surface area contributed by atoms with Gasteiger partial charge in [-0.25, -0.2) is 0 Å². The quantitative estimate of drug-likeness (QED) is 0.681. The summed E-state index contributed by atoms with van der Waals surface area (Å²) in [7, 11) is 2.16. The van der Waals surface area contributed by atoms with E-state index in [4.69, 9.17) is 0 Å². The van der Waals surface area contributed by atoms with Crippen LogP contribution in [0.4, 0.5) is 5.69 Å². The lowest BCUT2D eigenvalue weighted by atomic mass is 10.2. The molecule has 0 atom stereocenters. The number of anilines is 1. The Morgan fingerprint density at radius 3 is 2.79 bits per heavy atom. The zero-order valence-electron chi connectivity index (χ0n) is 9.29. The van der Waals surface area contributed by atoms with E-state index in [-0.39, 0.29) is 0 Å². The lowest BCUT2D eigenvalue weighted by Gasteiger charge is -2.19. The van der Waals surface area contributed by atoms with Crippen molar-refractivity contribution >= 4 is 17.4 Å². The second kappa shape index (κ2) is 5.97. The average Bonchev–Trinajstić information content (AvgIpc) is 2.26. The van der Waals surface area contributed by atoms with E-state index in [0.29, 0.717) is 0 Å². The van der Waals surface area contributed by atoms with Gasteiger partial charge in [0, 0.05) is 24.2 Å². The molecular weight excluding hydrogens is 190 g/mol. The lowest BCUT2D eigenvalue weighted by Crippen LogP contribution is -2.18. The van der Waals surface area contributed by atoms with Crippen molar-refractivity contribution < 1.29 is 0 Å². The van der Waals surface area contributed by atoms with E-state index in [2.05, 4.69) is 49.4 Å². The van der Waals surface area contributed by atoms with Gasteiger partial charge in [0.15, 0.2) is 0 Å². The molecule has 0 saturated heterocycles. The van der Waals surface area contributed by atoms with E-state index in [1.54, 1.807) is 11.8 Å². The molecule has 0 aromatic heterocycles. The molecule has 0 aliphatic heterocycles. The minimum atomic E-state index is 1.15. The predicted molar refractivity (Wildman–Crippen MR) is 66.4 cm³/mol. The smallest absolute Gasteiger partial charge is 0.0374 e. The fourth-order valence-corrected chi connectivity index (χ4v) is 1.83. The summed E-state index contributed by atoms with van der Waals surface area (Å²) in [5.74, 6) is 0. The van der Waals surface area contributed by atoms with Crippen molar-refractivity contribution in [2.45, 2.75) is 24.7 Å². The fourth-order valence-electron chi connectivity index (χ4n) is 1.37. The third-order valence-electron chi connectivity index (χ3n) is 2.34. The van der Waals surface area contributed by atoms with Crippen LogP contribution in [0, 0.1) is 0 Å². The molecule has 14 heavy (non-hydrogen) atoms. The van der Waals surface area contributed by atoms with Crippen molar-refractivity contribution in [1.29, 1.82) is 0 Å². The molecule has 0 spiro atoms. The van der Waals surface area contributed by atoms with Crippen LogP contribution < -0.4 is 4.90 Å². The van der Waals surface area contributed by atoms with Crippen molar-refractivity contribution in [3.05, 3.63) is 24.3 Å². The number of rotatable bonds is 5. The SMILES string of the molecule is CCCCN(C)c1cccc(SC)c1. The molecule has 0 bridgehead atoms. The predicted octanol–water partition coefficient (Wildman–Crippen LogP) is 3.64. The Labute approximate surface area is 91.5 Å². The highest BCUT2D eigenvalue weighted by molar-refractivity contribution is 7.98. The van der Waals surface area contributed by atoms with Gasteiger partial charge in [-0.1, -0.05) is 19.4 Å². The van der Waals surface area contributed by atoms with Gasteiger partial charge in [-0.05, 0) is 30.9 Å². The van der Waals surface area contributed by atoms with Crippen molar-refractivity contribution in [2.24, 2.45) is 0 Å². The maximum absolute atomic E-state index is 2.32. The zero-order chi connectivity index (χ0) is 10.4. The average molecular weight is 209 g/mol. The van der Waals surface area contributed by atoms with Crippen molar-refractivity contribution in [1.82, 2.24) is 0 Å². The van der Waals surface area contributed by atoms with Gasteiger partial charge in [0.2, 0.25) is 0 Å². The first-order valence-corrected chi connectivity index (χ1v) is 6.35. The zero-order valence-corrected chi connectivity index (χ0v) is 10.1. The van der Waals surface area contributed by atoms with Crippen LogP contribution in [0.2, 0.25) is 0 Å². The summed E-state index contributed by atoms with van der Waals surface area (Å²) in [4.78, 5) is 3.66. The summed E-state index contributed by atoms with van der Waals surface area (Å²) >= 11 is 1.80. The Balaban J connectivity index is 2.64. The molecule has 1 aromatic carbocycles. The monoisotopic (exact) mass is 209 g/mol. The van der Waals surface area contributed by atoms with E-state index in [9.17, 15) is 0 Å². The summed E-state index contributed by atoms with van der Waals surface area (Å²) < 4.78 is 0. The first-order valence-electron chi connectivity index (χ1n) is 5.13. The normalized spacial score (nSPS) is 10.2. The number of benzene rings is 1. The summed E-state index contributed by atoms with van der Waals surface area (Å²) in [5.41, 5.74) is 1.32. The van der Waals surface area contributed by atoms with Crippen molar-refractivity contribution in [3.63, 3.8) is 0 Å². The van der Waals surface area contributed by atoms with Gasteiger partial charge in [0.25, 0.3) is 0 Å². The molecule has 1 nitrogen and oxygen atoms in total. The Bertz CT molecular complexity index is 273. The second-order valence-corrected chi connectivity index (χ2v) is 4.36. The van der Waals surface area contributed by atoms with Gasteiger partial charge in [-0.2, -0.15) is 0 Å². The Morgan fingerprint density at radius 1 is 1.36 bits per heavy atom. The van der Waals surface area contributed by atoms with E-state index in [1.165, 1.54) is 23.4 Å². The van der Waals surface area contributed by atoms with Crippen molar-refractivity contribution in [3.8, 4) is 0 Å². The van der Waals surface area contributed by atoms with Crippen LogP contribution in [0.3, 0.4) is 0 Å². The Kier molecular flexibility index (Phi) is 4.88. The number of hydrogen-bond donors (Lipinski definition) is 0. The Hall–Kier alpha value is -0.630. The summed E-state index contributed by atoms with van der Waals surface area (Å²) in [6.45, 7) is 3.38. The molecule has 0 saturated carbocycles. The number of nitrogens with zero attached hydrogens (tertiary/aromatic N) is 1. The minimum Gasteiger partial charge on any atom is -0.375 e. The molecule has 0 radical (unpaired) electrons. The highest BCUT2D eigenvalue weighted by atomic mass is 32.2. The third-order valence-corrected chi connectivity index (χ3v) is 3.07. The fraction of sp³-hybridized carbons (Fsp3) is 0.500. The maximum Gasteiger partial charge on any atom is 0.0374 e. The highest BCUT2D eigenvalue weighted by Gasteiger charge is 2.00. The Morgan fingerprint density at radius 2 is 2.14 bits per heavy atom. The van der Waals surface area contributed by atoms with E-state index >= 15 is 0 Å². The van der Waals surface area contributed by atoms with Gasteiger partial charge < -0.3 is 4.90 Å². The molecule has 1 rings (SSSR count). The largest absolute Gasteiger partial charge is 0.375 e. The number of thioether (sulfide) groups is 1. The first-order chi connectivity index (χ1) is 6.77. The molecule has 0 fully saturated rings. The van der Waals surface area contributed by atoms with Gasteiger partial charge in [0.1, 0.15) is 0 Å². The van der Waals surface area contributed by atoms with Crippen LogP contribution in [0.1, 0.15) is 19.8 Å². The third kappa shape index (κ3) is 3.26. The number of hydrogen-bond acceptors (Lipinski definition) is 2. The van der Waals surface area contributed by atoms with E-state index in [0.717, 1.165) is 6.54 Å². The molecule has 0 N–H and O–H groups in total. The van der Waals surface area contributed by atoms with Crippen LogP contribution in [-0.4, -0.2) is 19.8 Å². The van der Waals surface area contributed by atoms with E-state index < -0.39 is 0 Å². The molecule has 2 heteroatoms. The van der Waals surface area contributed by atoms with E-state index in [1.807, 2.05) is 0 Å². The molecule has 78 valence electrons. The summed E-state index contributed by atoms with van der Waals surface area (Å²) in [5, 5.41) is 0. The number of unbranched alkanes of at least 4 members (excludes halogenated alkanes) is 1. The van der Waals surface area contributed by atoms with Crippen LogP contribution in [-0.2, 0) is 0 Å². The summed E-state index contributed by atoms with van der Waals surface area (Å²) in [6, 6.07) is 8.71. The lowest BCUT2D eigenvalue weighted by molar-refractivity contribution is 0.766. The van der Waals surface area contributed by atoms with Gasteiger partial charge in [-0.3, -0.25) is 0 Å². The standard InChI is InChI=1S/C12H19NS/c1-4-5-9-13(2)11-7-6-8-12(10-11)14-3/h6-8,10H,4-5,9H2,1-3H3. The van der Waals surface area contributed by atoms with Gasteiger partial charge in [-0.15, -0.1) is 11.8 Å². The molecular formula is C12H19NS. The first kappa shape index (κ1) is 11.4. The minimum absolute atomic E-state index is 1.15. The molecule has 0 amide bonds. The maximum atomic E-state index is 2.32. The molecule has 0 aliphatic rings. The topological polar surface area (TPSA) is 3.24 Å². The molecule has 0 heterocycles. The van der Waals surface area contributed by atoms with Crippen molar-refractivity contribution in [2.75, 3.05) is 24.7 Å². The van der Waals surface area contributed by atoms with Crippen LogP contribution in [0.15, 0.2) is 29.2 Å². The summed E-state index contributed by atoms with van der Waals surface area (Å²) in [6.07, 6.45) is 4.64. The van der Waals surface area contributed by atoms with Crippen LogP contribution in [0.5, 0.6) is 0 Å². The van der Waals surface area contributed by atoms with Crippen LogP contribution >= 0.6 is 11.8 Å². The van der Waals surface area contributed by atoms with Crippen LogP contribution in [0.25, 0.3) is 0 Å². The van der Waals surface area contributed by atoms with Gasteiger partial charge >= 0.3 is 0 Å². The van der Waals surface area contributed by atoms with Gasteiger partial charge in [0.05, 0.1) is 0 Å². The second-order valence-electron chi connectivity index (χ2n) is 3.48. The molecule has 0 unspecified atom stereocenters. The highest BCUT2D eigenvalue weighted by Crippen LogP contribution is 2.21. The molecule has 1 aromatic rings.